The van der Waals surface area contributed by atoms with Gasteiger partial charge in [-0.25, -0.2) is 9.97 Å². The van der Waals surface area contributed by atoms with Crippen molar-refractivity contribution in [1.29, 1.82) is 0 Å². The van der Waals surface area contributed by atoms with E-state index in [2.05, 4.69) is 9.97 Å². The van der Waals surface area contributed by atoms with Gasteiger partial charge in [-0.15, -0.1) is 0 Å². The number of carbonyl (C=O) groups is 1. The molecule has 1 fully saturated rings. The van der Waals surface area contributed by atoms with E-state index < -0.39 is 11.4 Å². The Hall–Kier alpha value is -1.85. The van der Waals surface area contributed by atoms with Gasteiger partial charge in [0, 0.05) is 19.2 Å². The molecule has 1 aliphatic heterocycles. The van der Waals surface area contributed by atoms with Gasteiger partial charge in [-0.3, -0.25) is 4.79 Å². The minimum atomic E-state index is -0.729. The highest BCUT2D eigenvalue weighted by Crippen LogP contribution is 2.39. The Morgan fingerprint density at radius 1 is 1.38 bits per heavy atom. The summed E-state index contributed by atoms with van der Waals surface area (Å²) >= 11 is 0. The van der Waals surface area contributed by atoms with Crippen molar-refractivity contribution in [3.05, 3.63) is 12.4 Å². The molecule has 1 aromatic rings. The number of rotatable bonds is 5. The minimum absolute atomic E-state index is 0.0418. The lowest BCUT2D eigenvalue weighted by Gasteiger charge is -2.28. The largest absolute Gasteiger partial charge is 0.481 e. The minimum Gasteiger partial charge on any atom is -0.481 e. The maximum atomic E-state index is 11.7. The van der Waals surface area contributed by atoms with E-state index in [1.807, 2.05) is 32.6 Å². The van der Waals surface area contributed by atoms with Crippen molar-refractivity contribution in [3.63, 3.8) is 0 Å². The van der Waals surface area contributed by atoms with Crippen LogP contribution in [0, 0.1) is 11.3 Å². The van der Waals surface area contributed by atoms with E-state index >= 15 is 0 Å². The highest BCUT2D eigenvalue weighted by atomic mass is 16.5. The van der Waals surface area contributed by atoms with E-state index in [-0.39, 0.29) is 12.0 Å². The molecule has 0 radical (unpaired) electrons. The number of anilines is 1. The Kier molecular flexibility index (Phi) is 4.34. The summed E-state index contributed by atoms with van der Waals surface area (Å²) in [7, 11) is 0. The Bertz CT molecular complexity index is 519. The Labute approximate surface area is 125 Å². The van der Waals surface area contributed by atoms with Gasteiger partial charge >= 0.3 is 5.97 Å². The van der Waals surface area contributed by atoms with Gasteiger partial charge in [0.25, 0.3) is 0 Å². The third kappa shape index (κ3) is 3.09. The topological polar surface area (TPSA) is 75.5 Å². The first-order valence-corrected chi connectivity index (χ1v) is 7.32. The van der Waals surface area contributed by atoms with Crippen molar-refractivity contribution in [2.24, 2.45) is 11.3 Å². The number of ether oxygens (including phenoxy) is 1. The summed E-state index contributed by atoms with van der Waals surface area (Å²) in [5, 5.41) is 9.59. The maximum absolute atomic E-state index is 11.7. The maximum Gasteiger partial charge on any atom is 0.311 e. The Morgan fingerprint density at radius 2 is 2.10 bits per heavy atom. The number of hydrogen-bond acceptors (Lipinski definition) is 5. The van der Waals surface area contributed by atoms with Crippen molar-refractivity contribution in [2.75, 3.05) is 18.0 Å². The lowest BCUT2D eigenvalue weighted by molar-refractivity contribution is -0.150. The fourth-order valence-electron chi connectivity index (χ4n) is 2.73. The molecule has 2 heterocycles. The standard InChI is InChI=1S/C15H23N3O3/c1-10(2)15(14(19)20)5-6-18(8-15)12-7-13(17-9-16-12)21-11(3)4/h7,9-11H,5-6,8H2,1-4H3,(H,19,20). The summed E-state index contributed by atoms with van der Waals surface area (Å²) in [6.45, 7) is 8.95. The van der Waals surface area contributed by atoms with Crippen LogP contribution in [-0.2, 0) is 4.79 Å². The van der Waals surface area contributed by atoms with Gasteiger partial charge in [0.2, 0.25) is 5.88 Å². The van der Waals surface area contributed by atoms with E-state index in [4.69, 9.17) is 4.74 Å². The molecule has 0 aliphatic carbocycles. The highest BCUT2D eigenvalue weighted by Gasteiger charge is 2.47. The van der Waals surface area contributed by atoms with Crippen LogP contribution in [0.2, 0.25) is 0 Å². The molecule has 6 heteroatoms. The summed E-state index contributed by atoms with van der Waals surface area (Å²) in [4.78, 5) is 22.0. The molecule has 1 atom stereocenters. The molecule has 0 bridgehead atoms. The van der Waals surface area contributed by atoms with Gasteiger partial charge in [-0.2, -0.15) is 0 Å². The van der Waals surface area contributed by atoms with Gasteiger partial charge in [-0.1, -0.05) is 13.8 Å². The van der Waals surface area contributed by atoms with Crippen LogP contribution < -0.4 is 9.64 Å². The zero-order chi connectivity index (χ0) is 15.6. The smallest absolute Gasteiger partial charge is 0.311 e. The first-order chi connectivity index (χ1) is 9.85. The van der Waals surface area contributed by atoms with Crippen molar-refractivity contribution in [3.8, 4) is 5.88 Å². The van der Waals surface area contributed by atoms with E-state index in [1.54, 1.807) is 6.07 Å². The summed E-state index contributed by atoms with van der Waals surface area (Å²) in [6.07, 6.45) is 2.13. The second-order valence-electron chi connectivity index (χ2n) is 6.17. The molecule has 1 unspecified atom stereocenters. The zero-order valence-corrected chi connectivity index (χ0v) is 13.0. The van der Waals surface area contributed by atoms with Gasteiger partial charge in [0.05, 0.1) is 11.5 Å². The molecule has 0 spiro atoms. The van der Waals surface area contributed by atoms with Crippen LogP contribution in [-0.4, -0.2) is 40.2 Å². The quantitative estimate of drug-likeness (QED) is 0.897. The van der Waals surface area contributed by atoms with Crippen LogP contribution in [0.5, 0.6) is 5.88 Å². The van der Waals surface area contributed by atoms with Crippen molar-refractivity contribution >= 4 is 11.8 Å². The number of aromatic nitrogens is 2. The molecular weight excluding hydrogens is 270 g/mol. The molecule has 6 nitrogen and oxygen atoms in total. The third-order valence-corrected chi connectivity index (χ3v) is 4.14. The zero-order valence-electron chi connectivity index (χ0n) is 13.0. The first kappa shape index (κ1) is 15.5. The fourth-order valence-corrected chi connectivity index (χ4v) is 2.73. The lowest BCUT2D eigenvalue weighted by Crippen LogP contribution is -2.39. The first-order valence-electron chi connectivity index (χ1n) is 7.32. The van der Waals surface area contributed by atoms with Crippen LogP contribution in [0.15, 0.2) is 12.4 Å². The molecule has 21 heavy (non-hydrogen) atoms. The fraction of sp³-hybridized carbons (Fsp3) is 0.667. The molecule has 116 valence electrons. The predicted octanol–water partition coefficient (Wildman–Crippen LogP) is 2.20. The highest BCUT2D eigenvalue weighted by molar-refractivity contribution is 5.77. The van der Waals surface area contributed by atoms with Gasteiger partial charge in [-0.05, 0) is 26.2 Å². The second kappa shape index (κ2) is 5.87. The molecule has 2 rings (SSSR count). The van der Waals surface area contributed by atoms with E-state index in [0.29, 0.717) is 25.4 Å². The number of carboxylic acid groups (broad SMARTS) is 1. The SMILES string of the molecule is CC(C)Oc1cc(N2CCC(C(=O)O)(C(C)C)C2)ncn1. The summed E-state index contributed by atoms with van der Waals surface area (Å²) in [6, 6.07) is 1.78. The number of hydrogen-bond donors (Lipinski definition) is 1. The van der Waals surface area contributed by atoms with Gasteiger partial charge < -0.3 is 14.7 Å². The predicted molar refractivity (Wildman–Crippen MR) is 79.5 cm³/mol. The Morgan fingerprint density at radius 3 is 2.62 bits per heavy atom. The van der Waals surface area contributed by atoms with Crippen LogP contribution in [0.1, 0.15) is 34.1 Å². The average molecular weight is 293 g/mol. The van der Waals surface area contributed by atoms with Crippen LogP contribution in [0.3, 0.4) is 0 Å². The molecule has 0 amide bonds. The summed E-state index contributed by atoms with van der Waals surface area (Å²) in [5.74, 6) is 0.595. The van der Waals surface area contributed by atoms with E-state index in [0.717, 1.165) is 5.82 Å². The third-order valence-electron chi connectivity index (χ3n) is 4.14. The number of carboxylic acids is 1. The lowest BCUT2D eigenvalue weighted by atomic mass is 9.76. The Balaban J connectivity index is 2.19. The van der Waals surface area contributed by atoms with Gasteiger partial charge in [0.1, 0.15) is 12.1 Å². The second-order valence-corrected chi connectivity index (χ2v) is 6.17. The number of aliphatic carboxylic acids is 1. The van der Waals surface area contributed by atoms with E-state index in [1.165, 1.54) is 6.33 Å². The monoisotopic (exact) mass is 293 g/mol. The summed E-state index contributed by atoms with van der Waals surface area (Å²) in [5.41, 5.74) is -0.704. The molecular formula is C15H23N3O3. The van der Waals surface area contributed by atoms with Crippen LogP contribution in [0.25, 0.3) is 0 Å². The summed E-state index contributed by atoms with van der Waals surface area (Å²) < 4.78 is 5.57. The van der Waals surface area contributed by atoms with Crippen molar-refractivity contribution < 1.29 is 14.6 Å². The molecule has 1 saturated heterocycles. The number of nitrogens with zero attached hydrogens (tertiary/aromatic N) is 3. The molecule has 1 aliphatic rings. The van der Waals surface area contributed by atoms with Crippen molar-refractivity contribution in [1.82, 2.24) is 9.97 Å². The average Bonchev–Trinajstić information content (AvgIpc) is 2.84. The normalized spacial score (nSPS) is 22.1. The van der Waals surface area contributed by atoms with Gasteiger partial charge in [0.15, 0.2) is 0 Å². The molecule has 1 N–H and O–H groups in total. The molecule has 0 aromatic carbocycles. The van der Waals surface area contributed by atoms with Crippen LogP contribution in [0.4, 0.5) is 5.82 Å². The molecule has 1 aromatic heterocycles. The van der Waals surface area contributed by atoms with Crippen molar-refractivity contribution in [2.45, 2.75) is 40.2 Å². The van der Waals surface area contributed by atoms with Crippen LogP contribution >= 0.6 is 0 Å². The van der Waals surface area contributed by atoms with E-state index in [9.17, 15) is 9.90 Å². The molecule has 0 saturated carbocycles.